The quantitative estimate of drug-likeness (QED) is 0.119. The summed E-state index contributed by atoms with van der Waals surface area (Å²) in [6.07, 6.45) is 0. The third-order valence-corrected chi connectivity index (χ3v) is 10.6. The van der Waals surface area contributed by atoms with Crippen molar-refractivity contribution in [2.45, 2.75) is 6.54 Å². The molecule has 2 heterocycles. The van der Waals surface area contributed by atoms with Crippen LogP contribution in [0.5, 0.6) is 0 Å². The van der Waals surface area contributed by atoms with E-state index in [-0.39, 0.29) is 0 Å². The molecule has 270 valence electrons. The molecule has 10 rings (SSSR count). The van der Waals surface area contributed by atoms with E-state index in [0.717, 1.165) is 88.4 Å². The predicted molar refractivity (Wildman–Crippen MR) is 238 cm³/mol. The van der Waals surface area contributed by atoms with Crippen LogP contribution in [0, 0.1) is 0 Å². The Morgan fingerprint density at radius 1 is 0.509 bits per heavy atom. The van der Waals surface area contributed by atoms with Gasteiger partial charge in [0.05, 0.1) is 23.3 Å². The zero-order chi connectivity index (χ0) is 38.1. The van der Waals surface area contributed by atoms with Crippen LogP contribution in [-0.4, -0.2) is 23.0 Å². The van der Waals surface area contributed by atoms with Gasteiger partial charge in [-0.15, -0.1) is 0 Å². The van der Waals surface area contributed by atoms with Gasteiger partial charge < -0.3 is 8.98 Å². The van der Waals surface area contributed by atoms with Crippen molar-refractivity contribution in [2.75, 3.05) is 0 Å². The lowest BCUT2D eigenvalue weighted by atomic mass is 10.0. The number of furan rings is 1. The van der Waals surface area contributed by atoms with Crippen molar-refractivity contribution in [3.8, 4) is 27.9 Å². The topological polar surface area (TPSA) is 55.1 Å². The highest BCUT2D eigenvalue weighted by Crippen LogP contribution is 2.40. The van der Waals surface area contributed by atoms with Gasteiger partial charge >= 0.3 is 0 Å². The molecule has 0 bridgehead atoms. The van der Waals surface area contributed by atoms with E-state index >= 15 is 0 Å². The molecule has 0 aliphatic rings. The second-order valence-electron chi connectivity index (χ2n) is 14.0. The van der Waals surface area contributed by atoms with E-state index in [1.165, 1.54) is 0 Å². The smallest absolute Gasteiger partial charge is 0.161 e. The predicted octanol–water partition coefficient (Wildman–Crippen LogP) is 13.1. The van der Waals surface area contributed by atoms with Crippen LogP contribution in [0.1, 0.15) is 16.7 Å². The summed E-state index contributed by atoms with van der Waals surface area (Å²) in [7, 11) is 0. The van der Waals surface area contributed by atoms with E-state index in [4.69, 9.17) is 14.4 Å². The first kappa shape index (κ1) is 33.9. The van der Waals surface area contributed by atoms with Gasteiger partial charge in [-0.3, -0.25) is 4.99 Å². The van der Waals surface area contributed by atoms with Crippen LogP contribution in [0.25, 0.3) is 71.7 Å². The maximum Gasteiger partial charge on any atom is 0.161 e. The molecule has 0 unspecified atom stereocenters. The summed E-state index contributed by atoms with van der Waals surface area (Å²) in [6.45, 7) is 4.41. The summed E-state index contributed by atoms with van der Waals surface area (Å²) in [6, 6.07) is 67.2. The number of aromatic nitrogens is 1. The van der Waals surface area contributed by atoms with Crippen LogP contribution in [0.4, 0.5) is 0 Å². The molecule has 0 fully saturated rings. The van der Waals surface area contributed by atoms with Gasteiger partial charge in [-0.1, -0.05) is 158 Å². The number of aliphatic imine (C=N–C) groups is 3. The zero-order valence-corrected chi connectivity index (χ0v) is 31.1. The molecule has 0 radical (unpaired) electrons. The number of hydrogen-bond donors (Lipinski definition) is 0. The Kier molecular flexibility index (Phi) is 8.65. The van der Waals surface area contributed by atoms with Crippen molar-refractivity contribution in [1.82, 2.24) is 4.57 Å². The van der Waals surface area contributed by atoms with Gasteiger partial charge in [0, 0.05) is 38.2 Å². The maximum atomic E-state index is 6.46. The van der Waals surface area contributed by atoms with E-state index < -0.39 is 0 Å². The number of nitrogens with zero attached hydrogens (tertiary/aromatic N) is 4. The van der Waals surface area contributed by atoms with Crippen molar-refractivity contribution in [3.05, 3.63) is 211 Å². The number of para-hydroxylation sites is 4. The van der Waals surface area contributed by atoms with E-state index in [9.17, 15) is 0 Å². The van der Waals surface area contributed by atoms with Gasteiger partial charge in [0.2, 0.25) is 0 Å². The molecular formula is C52H36N4O. The van der Waals surface area contributed by atoms with Gasteiger partial charge in [-0.25, -0.2) is 9.98 Å². The molecule has 5 heteroatoms. The van der Waals surface area contributed by atoms with E-state index in [0.29, 0.717) is 18.2 Å². The lowest BCUT2D eigenvalue weighted by Gasteiger charge is -2.15. The van der Waals surface area contributed by atoms with Crippen molar-refractivity contribution in [3.63, 3.8) is 0 Å². The molecule has 0 N–H and O–H groups in total. The summed E-state index contributed by atoms with van der Waals surface area (Å²) in [5, 5.41) is 4.53. The number of hydrogen-bond acceptors (Lipinski definition) is 2. The highest BCUT2D eigenvalue weighted by molar-refractivity contribution is 6.16. The van der Waals surface area contributed by atoms with Crippen LogP contribution in [0.15, 0.2) is 214 Å². The first-order chi connectivity index (χ1) is 28.2. The van der Waals surface area contributed by atoms with Crippen LogP contribution in [0.2, 0.25) is 0 Å². The summed E-state index contributed by atoms with van der Waals surface area (Å²) in [5.41, 5.74) is 12.2. The fraction of sp³-hybridized carbons (Fsp3) is 0.0192. The Morgan fingerprint density at radius 2 is 1.16 bits per heavy atom. The Balaban J connectivity index is 1.13. The second-order valence-corrected chi connectivity index (χ2v) is 14.0. The number of rotatable bonds is 7. The van der Waals surface area contributed by atoms with Crippen molar-refractivity contribution in [2.24, 2.45) is 15.0 Å². The molecule has 0 spiro atoms. The number of benzene rings is 8. The van der Waals surface area contributed by atoms with Gasteiger partial charge in [-0.05, 0) is 65.4 Å². The highest BCUT2D eigenvalue weighted by atomic mass is 16.3. The Labute approximate surface area is 330 Å². The molecule has 0 aliphatic carbocycles. The molecular weight excluding hydrogens is 697 g/mol. The molecule has 0 atom stereocenters. The summed E-state index contributed by atoms with van der Waals surface area (Å²) < 4.78 is 8.79. The van der Waals surface area contributed by atoms with E-state index in [1.807, 2.05) is 66.7 Å². The first-order valence-electron chi connectivity index (χ1n) is 19.1. The van der Waals surface area contributed by atoms with Gasteiger partial charge in [-0.2, -0.15) is 0 Å². The molecule has 2 aromatic heterocycles. The van der Waals surface area contributed by atoms with Crippen LogP contribution in [-0.2, 0) is 6.54 Å². The van der Waals surface area contributed by atoms with Gasteiger partial charge in [0.25, 0.3) is 0 Å². The first-order valence-corrected chi connectivity index (χ1v) is 19.1. The van der Waals surface area contributed by atoms with Crippen molar-refractivity contribution in [1.29, 1.82) is 0 Å². The lowest BCUT2D eigenvalue weighted by Crippen LogP contribution is -2.09. The minimum Gasteiger partial charge on any atom is -0.455 e. The number of fused-ring (bicyclic) bond motifs is 6. The second kappa shape index (κ2) is 14.5. The fourth-order valence-corrected chi connectivity index (χ4v) is 7.90. The van der Waals surface area contributed by atoms with E-state index in [1.54, 1.807) is 0 Å². The molecule has 57 heavy (non-hydrogen) atoms. The highest BCUT2D eigenvalue weighted by Gasteiger charge is 2.20. The van der Waals surface area contributed by atoms with E-state index in [2.05, 4.69) is 144 Å². The van der Waals surface area contributed by atoms with Crippen molar-refractivity contribution >= 4 is 62.1 Å². The minimum absolute atomic E-state index is 0.454. The molecule has 0 saturated carbocycles. The van der Waals surface area contributed by atoms with Gasteiger partial charge in [0.15, 0.2) is 11.7 Å². The summed E-state index contributed by atoms with van der Waals surface area (Å²) in [4.78, 5) is 14.8. The Hall–Kier alpha value is -7.63. The minimum atomic E-state index is 0.454. The SMILES string of the molecule is C=N/C(=N\C(=N/Cc1ccccc1)c1ccccc1-n1c2ccccc2c2cc(-c3cccc4c3oc3ccccc34)ccc21)c1ccc(-c2ccccc2)cc1. The van der Waals surface area contributed by atoms with Crippen LogP contribution in [0.3, 0.4) is 0 Å². The average Bonchev–Trinajstić information content (AvgIpc) is 3.83. The Morgan fingerprint density at radius 3 is 1.98 bits per heavy atom. The fourth-order valence-electron chi connectivity index (χ4n) is 7.90. The largest absolute Gasteiger partial charge is 0.455 e. The molecule has 0 amide bonds. The maximum absolute atomic E-state index is 6.46. The van der Waals surface area contributed by atoms with Crippen LogP contribution < -0.4 is 0 Å². The van der Waals surface area contributed by atoms with Crippen molar-refractivity contribution < 1.29 is 4.42 Å². The average molecular weight is 733 g/mol. The zero-order valence-electron chi connectivity index (χ0n) is 31.1. The molecule has 10 aromatic rings. The summed E-state index contributed by atoms with van der Waals surface area (Å²) in [5.74, 6) is 1.07. The number of amidine groups is 2. The van der Waals surface area contributed by atoms with Crippen LogP contribution >= 0.6 is 0 Å². The molecule has 8 aromatic carbocycles. The Bertz CT molecular complexity index is 3150. The normalized spacial score (nSPS) is 12.2. The third-order valence-electron chi connectivity index (χ3n) is 10.6. The molecule has 5 nitrogen and oxygen atoms in total. The molecule has 0 aliphatic heterocycles. The summed E-state index contributed by atoms with van der Waals surface area (Å²) >= 11 is 0. The molecule has 0 saturated heterocycles. The standard InChI is InChI=1S/C52H36N4O/c1-53-51(38-29-27-37(28-30-38)36-17-6-3-7-18-36)55-52(54-34-35-15-4-2-5-16-35)44-21-9-12-25-47(44)56-46-24-11-8-19-41(46)45-33-39(31-32-48(45)56)40-22-14-23-43-42-20-10-13-26-49(42)57-50(40)43/h2-33H,1,34H2/b54-52-,55-51-. The monoisotopic (exact) mass is 732 g/mol. The lowest BCUT2D eigenvalue weighted by molar-refractivity contribution is 0.670. The third kappa shape index (κ3) is 6.21. The van der Waals surface area contributed by atoms with Gasteiger partial charge in [0.1, 0.15) is 11.2 Å².